The average molecular weight is 486 g/mol. The van der Waals surface area contributed by atoms with Crippen molar-refractivity contribution in [3.05, 3.63) is 107 Å². The molecule has 36 heavy (non-hydrogen) atoms. The summed E-state index contributed by atoms with van der Waals surface area (Å²) in [6, 6.07) is 22.1. The SMILES string of the molecule is CCOc1cccc(C(O)=C2C(=O)C(=O)N(CCc3ccccc3)C2c2ccc(C(=O)OC)cc2)c1. The Bertz CT molecular complexity index is 1300. The number of ether oxygens (including phenoxy) is 2. The van der Waals surface area contributed by atoms with Crippen LogP contribution in [0.4, 0.5) is 0 Å². The monoisotopic (exact) mass is 485 g/mol. The molecule has 0 spiro atoms. The number of aliphatic hydroxyl groups excluding tert-OH is 1. The van der Waals surface area contributed by atoms with Gasteiger partial charge in [0.15, 0.2) is 0 Å². The predicted molar refractivity (Wildman–Crippen MR) is 135 cm³/mol. The van der Waals surface area contributed by atoms with Crippen LogP contribution < -0.4 is 4.74 Å². The Hall–Kier alpha value is -4.39. The zero-order valence-corrected chi connectivity index (χ0v) is 20.1. The molecule has 1 saturated heterocycles. The van der Waals surface area contributed by atoms with Gasteiger partial charge in [0.05, 0.1) is 30.9 Å². The van der Waals surface area contributed by atoms with Crippen LogP contribution in [0.5, 0.6) is 5.75 Å². The topological polar surface area (TPSA) is 93.1 Å². The number of esters is 1. The van der Waals surface area contributed by atoms with Crippen molar-refractivity contribution in [2.45, 2.75) is 19.4 Å². The third kappa shape index (κ3) is 5.00. The van der Waals surface area contributed by atoms with Crippen LogP contribution in [0.1, 0.15) is 40.0 Å². The summed E-state index contributed by atoms with van der Waals surface area (Å²) in [6.45, 7) is 2.57. The Morgan fingerprint density at radius 2 is 1.67 bits per heavy atom. The van der Waals surface area contributed by atoms with Gasteiger partial charge in [-0.3, -0.25) is 9.59 Å². The molecular weight excluding hydrogens is 458 g/mol. The molecule has 1 aliphatic rings. The average Bonchev–Trinajstić information content (AvgIpc) is 3.17. The van der Waals surface area contributed by atoms with Gasteiger partial charge in [0.25, 0.3) is 11.7 Å². The van der Waals surface area contributed by atoms with Gasteiger partial charge in [-0.15, -0.1) is 0 Å². The summed E-state index contributed by atoms with van der Waals surface area (Å²) < 4.78 is 10.3. The van der Waals surface area contributed by atoms with Crippen molar-refractivity contribution in [2.75, 3.05) is 20.3 Å². The number of hydrogen-bond acceptors (Lipinski definition) is 6. The zero-order valence-electron chi connectivity index (χ0n) is 20.1. The van der Waals surface area contributed by atoms with E-state index in [2.05, 4.69) is 0 Å². The fourth-order valence-corrected chi connectivity index (χ4v) is 4.33. The highest BCUT2D eigenvalue weighted by atomic mass is 16.5. The molecule has 0 saturated carbocycles. The fraction of sp³-hybridized carbons (Fsp3) is 0.207. The van der Waals surface area contributed by atoms with E-state index in [1.165, 1.54) is 12.0 Å². The van der Waals surface area contributed by atoms with E-state index in [1.807, 2.05) is 37.3 Å². The van der Waals surface area contributed by atoms with Crippen molar-refractivity contribution >= 4 is 23.4 Å². The van der Waals surface area contributed by atoms with Crippen LogP contribution in [-0.2, 0) is 20.7 Å². The first-order valence-corrected chi connectivity index (χ1v) is 11.7. The van der Waals surface area contributed by atoms with E-state index >= 15 is 0 Å². The highest BCUT2D eigenvalue weighted by Crippen LogP contribution is 2.40. The Morgan fingerprint density at radius 3 is 2.33 bits per heavy atom. The molecule has 3 aromatic carbocycles. The van der Waals surface area contributed by atoms with Crippen molar-refractivity contribution in [1.82, 2.24) is 4.90 Å². The third-order valence-electron chi connectivity index (χ3n) is 6.09. The Morgan fingerprint density at radius 1 is 0.944 bits per heavy atom. The molecule has 1 atom stereocenters. The van der Waals surface area contributed by atoms with Crippen LogP contribution in [0.3, 0.4) is 0 Å². The number of carbonyl (C=O) groups is 3. The van der Waals surface area contributed by atoms with Crippen molar-refractivity contribution in [2.24, 2.45) is 0 Å². The van der Waals surface area contributed by atoms with Crippen molar-refractivity contribution in [1.29, 1.82) is 0 Å². The Labute approximate surface area is 209 Å². The number of hydrogen-bond donors (Lipinski definition) is 1. The third-order valence-corrected chi connectivity index (χ3v) is 6.09. The number of methoxy groups -OCH3 is 1. The molecule has 184 valence electrons. The maximum atomic E-state index is 13.2. The second kappa shape index (κ2) is 10.9. The standard InChI is InChI=1S/C29H27NO6/c1-3-36-23-11-7-10-22(18-23)26(31)24-25(20-12-14-21(15-13-20)29(34)35-2)30(28(33)27(24)32)17-16-19-8-5-4-6-9-19/h4-15,18,25,31H,3,16-17H2,1-2H3. The second-order valence-corrected chi connectivity index (χ2v) is 8.30. The molecule has 1 N–H and O–H groups in total. The molecule has 3 aromatic rings. The number of amides is 1. The first-order chi connectivity index (χ1) is 17.4. The van der Waals surface area contributed by atoms with Crippen LogP contribution in [0.2, 0.25) is 0 Å². The van der Waals surface area contributed by atoms with E-state index in [0.717, 1.165) is 5.56 Å². The van der Waals surface area contributed by atoms with Gasteiger partial charge >= 0.3 is 5.97 Å². The lowest BCUT2D eigenvalue weighted by molar-refractivity contribution is -0.139. The molecule has 0 radical (unpaired) electrons. The van der Waals surface area contributed by atoms with Gasteiger partial charge < -0.3 is 19.5 Å². The number of nitrogens with zero attached hydrogens (tertiary/aromatic N) is 1. The number of aliphatic hydroxyl groups is 1. The van der Waals surface area contributed by atoms with Crippen molar-refractivity contribution in [3.8, 4) is 5.75 Å². The van der Waals surface area contributed by atoms with E-state index in [-0.39, 0.29) is 17.9 Å². The minimum absolute atomic E-state index is 0.00692. The van der Waals surface area contributed by atoms with Crippen molar-refractivity contribution < 1.29 is 29.0 Å². The number of ketones is 1. The summed E-state index contributed by atoms with van der Waals surface area (Å²) in [5, 5.41) is 11.3. The minimum Gasteiger partial charge on any atom is -0.507 e. The molecule has 1 aliphatic heterocycles. The van der Waals surface area contributed by atoms with Gasteiger partial charge in [-0.1, -0.05) is 54.6 Å². The smallest absolute Gasteiger partial charge is 0.337 e. The lowest BCUT2D eigenvalue weighted by Crippen LogP contribution is -2.31. The summed E-state index contributed by atoms with van der Waals surface area (Å²) in [6.07, 6.45) is 0.532. The van der Waals surface area contributed by atoms with E-state index < -0.39 is 23.7 Å². The van der Waals surface area contributed by atoms with E-state index in [0.29, 0.717) is 35.5 Å². The Kier molecular flexibility index (Phi) is 7.49. The van der Waals surface area contributed by atoms with Gasteiger partial charge in [0, 0.05) is 12.1 Å². The molecule has 0 bridgehead atoms. The molecule has 7 nitrogen and oxygen atoms in total. The van der Waals surface area contributed by atoms with E-state index in [1.54, 1.807) is 48.5 Å². The number of carbonyl (C=O) groups excluding carboxylic acids is 3. The maximum Gasteiger partial charge on any atom is 0.337 e. The lowest BCUT2D eigenvalue weighted by atomic mass is 9.94. The summed E-state index contributed by atoms with van der Waals surface area (Å²) in [7, 11) is 1.30. The van der Waals surface area contributed by atoms with Crippen LogP contribution in [-0.4, -0.2) is 47.9 Å². The lowest BCUT2D eigenvalue weighted by Gasteiger charge is -2.25. The van der Waals surface area contributed by atoms with Gasteiger partial charge in [-0.2, -0.15) is 0 Å². The second-order valence-electron chi connectivity index (χ2n) is 8.30. The maximum absolute atomic E-state index is 13.2. The molecule has 1 fully saturated rings. The molecule has 4 rings (SSSR count). The quantitative estimate of drug-likeness (QED) is 0.218. The molecular formula is C29H27NO6. The summed E-state index contributed by atoms with van der Waals surface area (Å²) in [5.41, 5.74) is 2.32. The highest BCUT2D eigenvalue weighted by Gasteiger charge is 2.45. The van der Waals surface area contributed by atoms with Gasteiger partial charge in [0.2, 0.25) is 0 Å². The summed E-state index contributed by atoms with van der Waals surface area (Å²) >= 11 is 0. The molecule has 1 unspecified atom stereocenters. The largest absolute Gasteiger partial charge is 0.507 e. The normalized spacial score (nSPS) is 16.7. The Balaban J connectivity index is 1.78. The van der Waals surface area contributed by atoms with E-state index in [4.69, 9.17) is 9.47 Å². The number of Topliss-reactive ketones (excluding diaryl/α,β-unsaturated/α-hetero) is 1. The van der Waals surface area contributed by atoms with Crippen LogP contribution in [0, 0.1) is 0 Å². The highest BCUT2D eigenvalue weighted by molar-refractivity contribution is 6.46. The summed E-state index contributed by atoms with van der Waals surface area (Å²) in [5.74, 6) is -1.68. The minimum atomic E-state index is -0.823. The van der Waals surface area contributed by atoms with Crippen LogP contribution in [0.25, 0.3) is 5.76 Å². The van der Waals surface area contributed by atoms with Gasteiger partial charge in [-0.05, 0) is 48.7 Å². The fourth-order valence-electron chi connectivity index (χ4n) is 4.33. The molecule has 1 heterocycles. The van der Waals surface area contributed by atoms with Gasteiger partial charge in [0.1, 0.15) is 11.5 Å². The predicted octanol–water partition coefficient (Wildman–Crippen LogP) is 4.54. The molecule has 0 aliphatic carbocycles. The van der Waals surface area contributed by atoms with Crippen LogP contribution >= 0.6 is 0 Å². The first kappa shape index (κ1) is 24.7. The molecule has 1 amide bonds. The zero-order chi connectivity index (χ0) is 25.7. The van der Waals surface area contributed by atoms with E-state index in [9.17, 15) is 19.5 Å². The molecule has 0 aromatic heterocycles. The number of rotatable bonds is 8. The van der Waals surface area contributed by atoms with Crippen LogP contribution in [0.15, 0.2) is 84.4 Å². The van der Waals surface area contributed by atoms with Crippen molar-refractivity contribution in [3.63, 3.8) is 0 Å². The van der Waals surface area contributed by atoms with Gasteiger partial charge in [-0.25, -0.2) is 4.79 Å². The first-order valence-electron chi connectivity index (χ1n) is 11.7. The number of benzene rings is 3. The molecule has 7 heteroatoms. The number of likely N-dealkylation sites (tertiary alicyclic amines) is 1. The summed E-state index contributed by atoms with van der Waals surface area (Å²) in [4.78, 5) is 39.8.